The number of nitrogens with zero attached hydrogens (tertiary/aromatic N) is 3. The van der Waals surface area contributed by atoms with Crippen molar-refractivity contribution in [2.45, 2.75) is 19.3 Å². The fourth-order valence-corrected chi connectivity index (χ4v) is 3.25. The summed E-state index contributed by atoms with van der Waals surface area (Å²) in [4.78, 5) is 1.93. The molecule has 3 nitrogen and oxygen atoms in total. The van der Waals surface area contributed by atoms with Gasteiger partial charge in [-0.3, -0.25) is 0 Å². The number of hydrazone groups is 1. The fraction of sp³-hybridized carbons (Fsp3) is 0.222. The van der Waals surface area contributed by atoms with E-state index in [9.17, 15) is 0 Å². The molecule has 1 aliphatic carbocycles. The average Bonchev–Trinajstić information content (AvgIpc) is 3.01. The minimum atomic E-state index is 0. The van der Waals surface area contributed by atoms with E-state index < -0.39 is 0 Å². The van der Waals surface area contributed by atoms with Gasteiger partial charge in [0, 0.05) is 20.1 Å². The summed E-state index contributed by atoms with van der Waals surface area (Å²) in [6.45, 7) is 6.50. The number of hydrogen-bond acceptors (Lipinski definition) is 3. The van der Waals surface area contributed by atoms with E-state index in [4.69, 9.17) is 0 Å². The van der Waals surface area contributed by atoms with E-state index in [0.717, 1.165) is 5.69 Å². The van der Waals surface area contributed by atoms with Crippen molar-refractivity contribution in [3.8, 4) is 11.1 Å². The monoisotopic (exact) mass is 468 g/mol. The van der Waals surface area contributed by atoms with E-state index in [-0.39, 0.29) is 25.5 Å². The Morgan fingerprint density at radius 2 is 1.91 bits per heavy atom. The van der Waals surface area contributed by atoms with Crippen LogP contribution in [0.25, 0.3) is 11.1 Å². The third-order valence-corrected chi connectivity index (χ3v) is 4.40. The SMILES string of the molecule is CN1C=NN(c2[c-]cc3c(c2)-c2ccccc2C3(C)C)[CH-]1.[Ir]. The zero-order valence-corrected chi connectivity index (χ0v) is 15.2. The summed E-state index contributed by atoms with van der Waals surface area (Å²) < 4.78 is 0. The Hall–Kier alpha value is -1.64. The van der Waals surface area contributed by atoms with Crippen LogP contribution in [0.4, 0.5) is 5.69 Å². The Balaban J connectivity index is 0.00000144. The molecule has 4 rings (SSSR count). The predicted molar refractivity (Wildman–Crippen MR) is 85.9 cm³/mol. The molecule has 1 aliphatic heterocycles. The first kappa shape index (κ1) is 15.3. The molecule has 0 fully saturated rings. The number of benzene rings is 2. The van der Waals surface area contributed by atoms with Crippen LogP contribution >= 0.6 is 0 Å². The summed E-state index contributed by atoms with van der Waals surface area (Å²) in [5.41, 5.74) is 6.35. The van der Waals surface area contributed by atoms with Crippen LogP contribution in [0.5, 0.6) is 0 Å². The molecule has 0 amide bonds. The molecule has 4 heteroatoms. The van der Waals surface area contributed by atoms with Crippen LogP contribution in [-0.4, -0.2) is 18.3 Å². The molecule has 0 spiro atoms. The van der Waals surface area contributed by atoms with Gasteiger partial charge in [-0.1, -0.05) is 43.8 Å². The van der Waals surface area contributed by atoms with Gasteiger partial charge in [0.05, 0.1) is 6.34 Å². The van der Waals surface area contributed by atoms with Crippen molar-refractivity contribution in [1.82, 2.24) is 4.90 Å². The van der Waals surface area contributed by atoms with E-state index in [0.29, 0.717) is 0 Å². The molecular formula is C18H17IrN3-2. The summed E-state index contributed by atoms with van der Waals surface area (Å²) in [5.74, 6) is 0. The molecule has 0 bridgehead atoms. The Bertz CT molecular complexity index is 752. The third-order valence-electron chi connectivity index (χ3n) is 4.40. The van der Waals surface area contributed by atoms with Gasteiger partial charge < -0.3 is 9.91 Å². The Morgan fingerprint density at radius 1 is 1.14 bits per heavy atom. The van der Waals surface area contributed by atoms with Gasteiger partial charge in [0.1, 0.15) is 0 Å². The van der Waals surface area contributed by atoms with Crippen LogP contribution in [-0.2, 0) is 25.5 Å². The van der Waals surface area contributed by atoms with Crippen LogP contribution in [0, 0.1) is 12.7 Å². The first-order valence-corrected chi connectivity index (χ1v) is 7.14. The van der Waals surface area contributed by atoms with Crippen molar-refractivity contribution in [3.05, 3.63) is 60.3 Å². The van der Waals surface area contributed by atoms with E-state index in [2.05, 4.69) is 61.4 Å². The molecule has 0 unspecified atom stereocenters. The molecule has 0 saturated heterocycles. The van der Waals surface area contributed by atoms with Crippen molar-refractivity contribution < 1.29 is 20.1 Å². The molecule has 115 valence electrons. The molecular weight excluding hydrogens is 450 g/mol. The Labute approximate surface area is 145 Å². The molecule has 1 heterocycles. The van der Waals surface area contributed by atoms with Crippen LogP contribution in [0.3, 0.4) is 0 Å². The van der Waals surface area contributed by atoms with Gasteiger partial charge in [-0.15, -0.1) is 23.9 Å². The van der Waals surface area contributed by atoms with Crippen molar-refractivity contribution in [2.24, 2.45) is 5.10 Å². The van der Waals surface area contributed by atoms with Crippen molar-refractivity contribution in [2.75, 3.05) is 12.1 Å². The number of anilines is 1. The fourth-order valence-electron chi connectivity index (χ4n) is 3.25. The molecule has 1 radical (unpaired) electrons. The summed E-state index contributed by atoms with van der Waals surface area (Å²) in [6, 6.07) is 16.3. The zero-order valence-electron chi connectivity index (χ0n) is 12.8. The largest absolute Gasteiger partial charge is 0.493 e. The molecule has 2 aromatic carbocycles. The quantitative estimate of drug-likeness (QED) is 0.597. The number of rotatable bonds is 1. The van der Waals surface area contributed by atoms with Gasteiger partial charge >= 0.3 is 0 Å². The maximum Gasteiger partial charge on any atom is 0.0803 e. The normalized spacial score (nSPS) is 17.2. The standard InChI is InChI=1S/C18H17N3.Ir/c1-18(2)16-7-5-4-6-14(16)15-10-13(8-9-17(15)18)21-12-20(3)11-19-21;/h4-7,9-12H,1-3H3;/q-2;. The average molecular weight is 468 g/mol. The minimum Gasteiger partial charge on any atom is -0.493 e. The minimum absolute atomic E-state index is 0. The van der Waals surface area contributed by atoms with Gasteiger partial charge in [0.2, 0.25) is 0 Å². The molecule has 0 atom stereocenters. The van der Waals surface area contributed by atoms with E-state index in [1.54, 1.807) is 6.34 Å². The van der Waals surface area contributed by atoms with E-state index in [1.165, 1.54) is 22.3 Å². The summed E-state index contributed by atoms with van der Waals surface area (Å²) in [7, 11) is 1.97. The van der Waals surface area contributed by atoms with Gasteiger partial charge in [-0.25, -0.2) is 0 Å². The summed E-state index contributed by atoms with van der Waals surface area (Å²) >= 11 is 0. The second-order valence-electron chi connectivity index (χ2n) is 6.17. The molecule has 0 saturated carbocycles. The molecule has 0 aromatic heterocycles. The zero-order chi connectivity index (χ0) is 14.6. The van der Waals surface area contributed by atoms with Crippen LogP contribution in [0.15, 0.2) is 41.5 Å². The van der Waals surface area contributed by atoms with Crippen LogP contribution in [0.1, 0.15) is 25.0 Å². The second kappa shape index (κ2) is 5.22. The maximum atomic E-state index is 4.35. The second-order valence-corrected chi connectivity index (χ2v) is 6.17. The predicted octanol–water partition coefficient (Wildman–Crippen LogP) is 3.60. The summed E-state index contributed by atoms with van der Waals surface area (Å²) in [5, 5.41) is 6.21. The summed E-state index contributed by atoms with van der Waals surface area (Å²) in [6.07, 6.45) is 1.79. The van der Waals surface area contributed by atoms with Crippen molar-refractivity contribution >= 4 is 12.0 Å². The Morgan fingerprint density at radius 3 is 2.64 bits per heavy atom. The van der Waals surface area contributed by atoms with Crippen LogP contribution in [0.2, 0.25) is 0 Å². The van der Waals surface area contributed by atoms with Crippen molar-refractivity contribution in [1.29, 1.82) is 0 Å². The first-order chi connectivity index (χ1) is 10.1. The van der Waals surface area contributed by atoms with Crippen molar-refractivity contribution in [3.63, 3.8) is 0 Å². The third kappa shape index (κ3) is 2.10. The maximum absolute atomic E-state index is 4.35. The molecule has 22 heavy (non-hydrogen) atoms. The van der Waals surface area contributed by atoms with Gasteiger partial charge in [-0.2, -0.15) is 17.2 Å². The number of hydrogen-bond donors (Lipinski definition) is 0. The number of fused-ring (bicyclic) bond motifs is 3. The molecule has 0 N–H and O–H groups in total. The molecule has 2 aromatic rings. The van der Waals surface area contributed by atoms with E-state index >= 15 is 0 Å². The first-order valence-electron chi connectivity index (χ1n) is 7.14. The smallest absolute Gasteiger partial charge is 0.0803 e. The molecule has 2 aliphatic rings. The van der Waals surface area contributed by atoms with E-state index in [1.807, 2.05) is 23.6 Å². The Kier molecular flexibility index (Phi) is 3.62. The van der Waals surface area contributed by atoms with Gasteiger partial charge in [-0.05, 0) is 23.6 Å². The van der Waals surface area contributed by atoms with Gasteiger partial charge in [0.25, 0.3) is 0 Å². The van der Waals surface area contributed by atoms with Gasteiger partial charge in [0.15, 0.2) is 0 Å². The topological polar surface area (TPSA) is 18.8 Å². The van der Waals surface area contributed by atoms with Crippen LogP contribution < -0.4 is 5.01 Å².